The third kappa shape index (κ3) is 1.40. The van der Waals surface area contributed by atoms with Gasteiger partial charge in [0, 0.05) is 17.0 Å². The molecular weight excluding hydrogens is 232 g/mol. The van der Waals surface area contributed by atoms with Crippen molar-refractivity contribution in [3.8, 4) is 0 Å². The highest BCUT2D eigenvalue weighted by atomic mass is 15.0. The first-order valence-electron chi connectivity index (χ1n) is 6.51. The summed E-state index contributed by atoms with van der Waals surface area (Å²) in [5.41, 5.74) is 4.59. The smallest absolute Gasteiger partial charge is 0.145 e. The number of fused-ring (bicyclic) bond motifs is 6. The molecule has 0 unspecified atom stereocenters. The zero-order valence-corrected chi connectivity index (χ0v) is 11.0. The molecule has 0 bridgehead atoms. The average molecular weight is 246 g/mol. The zero-order chi connectivity index (χ0) is 13.0. The summed E-state index contributed by atoms with van der Waals surface area (Å²) in [6.45, 7) is 4.17. The number of hydrogen-bond acceptors (Lipinski definition) is 1. The molecule has 2 aromatic heterocycles. The lowest BCUT2D eigenvalue weighted by Crippen LogP contribution is -1.90. The summed E-state index contributed by atoms with van der Waals surface area (Å²) < 4.78 is 2.20. The van der Waals surface area contributed by atoms with Gasteiger partial charge in [0.1, 0.15) is 5.65 Å². The third-order valence-corrected chi connectivity index (χ3v) is 3.70. The van der Waals surface area contributed by atoms with Crippen LogP contribution in [0.3, 0.4) is 0 Å². The Labute approximate surface area is 111 Å². The lowest BCUT2D eigenvalue weighted by Gasteiger charge is -2.08. The van der Waals surface area contributed by atoms with Gasteiger partial charge in [-0.1, -0.05) is 35.9 Å². The monoisotopic (exact) mass is 246 g/mol. The molecule has 4 aromatic rings. The topological polar surface area (TPSA) is 17.3 Å². The molecule has 2 aromatic carbocycles. The molecule has 0 amide bonds. The second-order valence-electron chi connectivity index (χ2n) is 5.14. The summed E-state index contributed by atoms with van der Waals surface area (Å²) in [5, 5.41) is 3.79. The minimum atomic E-state index is 1.05. The predicted octanol–water partition coefficient (Wildman–Crippen LogP) is 4.26. The van der Waals surface area contributed by atoms with Gasteiger partial charge in [-0.2, -0.15) is 0 Å². The predicted molar refractivity (Wildman–Crippen MR) is 79.7 cm³/mol. The van der Waals surface area contributed by atoms with E-state index in [1.165, 1.54) is 27.2 Å². The van der Waals surface area contributed by atoms with Crippen molar-refractivity contribution >= 4 is 27.3 Å². The van der Waals surface area contributed by atoms with Crippen molar-refractivity contribution in [1.29, 1.82) is 0 Å². The molecule has 0 saturated carbocycles. The second kappa shape index (κ2) is 3.58. The van der Waals surface area contributed by atoms with Crippen LogP contribution in [-0.2, 0) is 0 Å². The van der Waals surface area contributed by atoms with Crippen LogP contribution in [0, 0.1) is 13.8 Å². The first-order chi connectivity index (χ1) is 9.24. The average Bonchev–Trinajstić information content (AvgIpc) is 2.81. The molecule has 0 aliphatic heterocycles. The fourth-order valence-electron chi connectivity index (χ4n) is 2.86. The lowest BCUT2D eigenvalue weighted by molar-refractivity contribution is 1.26. The molecule has 0 N–H and O–H groups in total. The van der Waals surface area contributed by atoms with Crippen LogP contribution in [0.1, 0.15) is 11.3 Å². The number of imidazole rings is 1. The minimum absolute atomic E-state index is 1.05. The Hall–Kier alpha value is -2.35. The molecular formula is C17H14N2. The van der Waals surface area contributed by atoms with Crippen molar-refractivity contribution in [3.05, 3.63) is 59.9 Å². The molecule has 2 heterocycles. The first kappa shape index (κ1) is 10.6. The van der Waals surface area contributed by atoms with E-state index in [0.717, 1.165) is 11.3 Å². The molecule has 0 atom stereocenters. The zero-order valence-electron chi connectivity index (χ0n) is 11.0. The summed E-state index contributed by atoms with van der Waals surface area (Å²) in [7, 11) is 0. The summed E-state index contributed by atoms with van der Waals surface area (Å²) in [4.78, 5) is 4.70. The summed E-state index contributed by atoms with van der Waals surface area (Å²) >= 11 is 0. The van der Waals surface area contributed by atoms with Gasteiger partial charge in [-0.15, -0.1) is 0 Å². The van der Waals surface area contributed by atoms with Crippen LogP contribution in [0.15, 0.2) is 48.7 Å². The molecule has 0 saturated heterocycles. The number of rotatable bonds is 0. The Morgan fingerprint density at radius 2 is 1.74 bits per heavy atom. The van der Waals surface area contributed by atoms with Gasteiger partial charge < -0.3 is 0 Å². The Morgan fingerprint density at radius 1 is 0.895 bits per heavy atom. The van der Waals surface area contributed by atoms with E-state index in [1.54, 1.807) is 0 Å². The number of benzene rings is 2. The van der Waals surface area contributed by atoms with Gasteiger partial charge in [0.25, 0.3) is 0 Å². The van der Waals surface area contributed by atoms with Crippen LogP contribution in [0.4, 0.5) is 0 Å². The van der Waals surface area contributed by atoms with Crippen LogP contribution < -0.4 is 0 Å². The van der Waals surface area contributed by atoms with Crippen molar-refractivity contribution in [1.82, 2.24) is 9.38 Å². The molecule has 2 heteroatoms. The summed E-state index contributed by atoms with van der Waals surface area (Å²) in [5.74, 6) is 0. The molecule has 0 fully saturated rings. The van der Waals surface area contributed by atoms with Crippen molar-refractivity contribution in [2.45, 2.75) is 13.8 Å². The fourth-order valence-corrected chi connectivity index (χ4v) is 2.86. The van der Waals surface area contributed by atoms with Gasteiger partial charge in [-0.25, -0.2) is 4.98 Å². The number of nitrogens with zero attached hydrogens (tertiary/aromatic N) is 2. The molecule has 92 valence electrons. The van der Waals surface area contributed by atoms with E-state index in [9.17, 15) is 0 Å². The van der Waals surface area contributed by atoms with E-state index < -0.39 is 0 Å². The van der Waals surface area contributed by atoms with Gasteiger partial charge in [0.15, 0.2) is 0 Å². The first-order valence-corrected chi connectivity index (χ1v) is 6.51. The van der Waals surface area contributed by atoms with Gasteiger partial charge in [-0.3, -0.25) is 4.40 Å². The van der Waals surface area contributed by atoms with Gasteiger partial charge >= 0.3 is 0 Å². The highest BCUT2D eigenvalue weighted by molar-refractivity contribution is 6.11. The van der Waals surface area contributed by atoms with E-state index in [0.29, 0.717) is 0 Å². The maximum atomic E-state index is 4.70. The maximum Gasteiger partial charge on any atom is 0.145 e. The van der Waals surface area contributed by atoms with Crippen molar-refractivity contribution < 1.29 is 0 Å². The van der Waals surface area contributed by atoms with Crippen molar-refractivity contribution in [2.75, 3.05) is 0 Å². The Balaban J connectivity index is 2.42. The number of pyridine rings is 1. The Bertz CT molecular complexity index is 932. The van der Waals surface area contributed by atoms with Crippen molar-refractivity contribution in [3.63, 3.8) is 0 Å². The molecule has 0 aliphatic rings. The Morgan fingerprint density at radius 3 is 2.63 bits per heavy atom. The molecule has 19 heavy (non-hydrogen) atoms. The standard InChI is InChI=1S/C17H14N2/c1-11-7-8-13-14-5-3-4-6-16(14)19-10-12(2)18-17(19)15(13)9-11/h3-10H,1-2H3. The van der Waals surface area contributed by atoms with Crippen LogP contribution in [0.25, 0.3) is 27.3 Å². The number of hydrogen-bond donors (Lipinski definition) is 0. The second-order valence-corrected chi connectivity index (χ2v) is 5.14. The highest BCUT2D eigenvalue weighted by Gasteiger charge is 2.09. The molecule has 0 spiro atoms. The van der Waals surface area contributed by atoms with Crippen LogP contribution >= 0.6 is 0 Å². The number of para-hydroxylation sites is 1. The maximum absolute atomic E-state index is 4.70. The molecule has 2 nitrogen and oxygen atoms in total. The number of aromatic nitrogens is 2. The highest BCUT2D eigenvalue weighted by Crippen LogP contribution is 2.29. The largest absolute Gasteiger partial charge is 0.299 e. The molecule has 0 radical (unpaired) electrons. The van der Waals surface area contributed by atoms with E-state index >= 15 is 0 Å². The van der Waals surface area contributed by atoms with E-state index in [-0.39, 0.29) is 0 Å². The van der Waals surface area contributed by atoms with Gasteiger partial charge in [-0.05, 0) is 31.4 Å². The van der Waals surface area contributed by atoms with Gasteiger partial charge in [0.2, 0.25) is 0 Å². The van der Waals surface area contributed by atoms with E-state index in [1.807, 2.05) is 6.92 Å². The van der Waals surface area contributed by atoms with E-state index in [2.05, 4.69) is 60.0 Å². The fraction of sp³-hybridized carbons (Fsp3) is 0.118. The van der Waals surface area contributed by atoms with E-state index in [4.69, 9.17) is 4.98 Å². The Kier molecular flexibility index (Phi) is 1.99. The van der Waals surface area contributed by atoms with Crippen LogP contribution in [-0.4, -0.2) is 9.38 Å². The SMILES string of the molecule is Cc1ccc2c3ccccc3n3cc(C)nc3c2c1. The molecule has 4 rings (SSSR count). The van der Waals surface area contributed by atoms with Gasteiger partial charge in [0.05, 0.1) is 11.2 Å². The minimum Gasteiger partial charge on any atom is -0.299 e. The summed E-state index contributed by atoms with van der Waals surface area (Å²) in [6.07, 6.45) is 2.11. The molecule has 0 aliphatic carbocycles. The van der Waals surface area contributed by atoms with Crippen LogP contribution in [0.2, 0.25) is 0 Å². The quantitative estimate of drug-likeness (QED) is 0.424. The lowest BCUT2D eigenvalue weighted by atomic mass is 10.0. The van der Waals surface area contributed by atoms with Crippen molar-refractivity contribution in [2.24, 2.45) is 0 Å². The van der Waals surface area contributed by atoms with Crippen LogP contribution in [0.5, 0.6) is 0 Å². The third-order valence-electron chi connectivity index (χ3n) is 3.70. The number of aryl methyl sites for hydroxylation is 2. The normalized spacial score (nSPS) is 11.7. The summed E-state index contributed by atoms with van der Waals surface area (Å²) in [6, 6.07) is 15.1.